The summed E-state index contributed by atoms with van der Waals surface area (Å²) in [5.41, 5.74) is 6.16. The van der Waals surface area contributed by atoms with E-state index < -0.39 is 5.97 Å². The summed E-state index contributed by atoms with van der Waals surface area (Å²) in [6.45, 7) is 0. The number of anilines is 1. The fourth-order valence-corrected chi connectivity index (χ4v) is 1.29. The van der Waals surface area contributed by atoms with Crippen molar-refractivity contribution in [3.63, 3.8) is 0 Å². The highest BCUT2D eigenvalue weighted by molar-refractivity contribution is 5.84. The largest absolute Gasteiger partial charge is 0.481 e. The summed E-state index contributed by atoms with van der Waals surface area (Å²) in [5.74, 6) is 0.0167. The molecule has 94 valence electrons. The average molecular weight is 249 g/mol. The SMILES string of the molecule is COC(=O)c1ncn(-c2nc(OC)ccc2N)n1. The minimum absolute atomic E-state index is 0.0680. The topological polar surface area (TPSA) is 105 Å². The van der Waals surface area contributed by atoms with Gasteiger partial charge >= 0.3 is 5.97 Å². The van der Waals surface area contributed by atoms with E-state index in [4.69, 9.17) is 10.5 Å². The average Bonchev–Trinajstić information content (AvgIpc) is 2.88. The fourth-order valence-electron chi connectivity index (χ4n) is 1.29. The second-order valence-electron chi connectivity index (χ2n) is 3.27. The Balaban J connectivity index is 2.42. The maximum atomic E-state index is 11.2. The standard InChI is InChI=1S/C10H11N5O3/c1-17-7-4-3-6(11)9(13-7)15-5-12-8(14-15)10(16)18-2/h3-5H,11H2,1-2H3. The Morgan fingerprint density at radius 3 is 2.83 bits per heavy atom. The van der Waals surface area contributed by atoms with Gasteiger partial charge in [-0.1, -0.05) is 0 Å². The molecule has 2 heterocycles. The van der Waals surface area contributed by atoms with Crippen molar-refractivity contribution in [3.05, 3.63) is 24.3 Å². The summed E-state index contributed by atoms with van der Waals surface area (Å²) in [6.07, 6.45) is 1.32. The third kappa shape index (κ3) is 2.08. The predicted molar refractivity (Wildman–Crippen MR) is 61.5 cm³/mol. The molecule has 0 radical (unpaired) electrons. The van der Waals surface area contributed by atoms with Crippen LogP contribution in [0.1, 0.15) is 10.6 Å². The maximum absolute atomic E-state index is 11.2. The first-order valence-electron chi connectivity index (χ1n) is 4.96. The molecule has 0 atom stereocenters. The Morgan fingerprint density at radius 1 is 1.39 bits per heavy atom. The molecule has 2 aromatic heterocycles. The Morgan fingerprint density at radius 2 is 2.17 bits per heavy atom. The number of pyridine rings is 1. The molecule has 0 saturated heterocycles. The molecule has 0 fully saturated rings. The third-order valence-corrected chi connectivity index (χ3v) is 2.17. The number of aromatic nitrogens is 4. The number of methoxy groups -OCH3 is 2. The highest BCUT2D eigenvalue weighted by Gasteiger charge is 2.14. The van der Waals surface area contributed by atoms with E-state index in [2.05, 4.69) is 19.8 Å². The summed E-state index contributed by atoms with van der Waals surface area (Å²) in [6, 6.07) is 3.25. The highest BCUT2D eigenvalue weighted by Crippen LogP contribution is 2.17. The van der Waals surface area contributed by atoms with Crippen molar-refractivity contribution in [2.75, 3.05) is 20.0 Å². The zero-order valence-electron chi connectivity index (χ0n) is 9.82. The van der Waals surface area contributed by atoms with Gasteiger partial charge in [0.2, 0.25) is 5.88 Å². The lowest BCUT2D eigenvalue weighted by Crippen LogP contribution is -2.07. The molecular formula is C10H11N5O3. The minimum atomic E-state index is -0.629. The molecule has 0 aromatic carbocycles. The van der Waals surface area contributed by atoms with Crippen molar-refractivity contribution in [2.45, 2.75) is 0 Å². The molecule has 8 nitrogen and oxygen atoms in total. The van der Waals surface area contributed by atoms with Crippen molar-refractivity contribution >= 4 is 11.7 Å². The van der Waals surface area contributed by atoms with Crippen LogP contribution < -0.4 is 10.5 Å². The van der Waals surface area contributed by atoms with E-state index in [9.17, 15) is 4.79 Å². The maximum Gasteiger partial charge on any atom is 0.377 e. The number of nitrogen functional groups attached to an aromatic ring is 1. The van der Waals surface area contributed by atoms with E-state index in [1.54, 1.807) is 12.1 Å². The van der Waals surface area contributed by atoms with Gasteiger partial charge in [-0.3, -0.25) is 0 Å². The van der Waals surface area contributed by atoms with Gasteiger partial charge < -0.3 is 15.2 Å². The first-order chi connectivity index (χ1) is 8.65. The van der Waals surface area contributed by atoms with Gasteiger partial charge in [-0.25, -0.2) is 9.78 Å². The second-order valence-corrected chi connectivity index (χ2v) is 3.27. The summed E-state index contributed by atoms with van der Waals surface area (Å²) >= 11 is 0. The zero-order valence-corrected chi connectivity index (χ0v) is 9.82. The molecular weight excluding hydrogens is 238 g/mol. The van der Waals surface area contributed by atoms with E-state index in [1.807, 2.05) is 0 Å². The highest BCUT2D eigenvalue weighted by atomic mass is 16.5. The van der Waals surface area contributed by atoms with Crippen molar-refractivity contribution in [3.8, 4) is 11.7 Å². The molecule has 0 aliphatic rings. The van der Waals surface area contributed by atoms with Crippen LogP contribution in [0.25, 0.3) is 5.82 Å². The molecule has 2 aromatic rings. The van der Waals surface area contributed by atoms with Crippen molar-refractivity contribution < 1.29 is 14.3 Å². The molecule has 0 aliphatic heterocycles. The van der Waals surface area contributed by atoms with Crippen LogP contribution in [0.2, 0.25) is 0 Å². The normalized spacial score (nSPS) is 10.1. The van der Waals surface area contributed by atoms with Crippen LogP contribution in [0.4, 0.5) is 5.69 Å². The summed E-state index contributed by atoms with van der Waals surface area (Å²) in [7, 11) is 2.74. The lowest BCUT2D eigenvalue weighted by atomic mass is 10.4. The van der Waals surface area contributed by atoms with Crippen molar-refractivity contribution in [2.24, 2.45) is 0 Å². The number of esters is 1. The Hall–Kier alpha value is -2.64. The quantitative estimate of drug-likeness (QED) is 0.765. The van der Waals surface area contributed by atoms with Crippen LogP contribution in [0, 0.1) is 0 Å². The van der Waals surface area contributed by atoms with Gasteiger partial charge in [0.25, 0.3) is 5.82 Å². The number of hydrogen-bond acceptors (Lipinski definition) is 7. The van der Waals surface area contributed by atoms with Crippen LogP contribution in [0.15, 0.2) is 18.5 Å². The molecule has 0 bridgehead atoms. The second kappa shape index (κ2) is 4.70. The van der Waals surface area contributed by atoms with Crippen molar-refractivity contribution in [1.82, 2.24) is 19.7 Å². The van der Waals surface area contributed by atoms with Gasteiger partial charge in [0.15, 0.2) is 5.82 Å². The predicted octanol–water partition coefficient (Wildman–Crippen LogP) is 0.0397. The van der Waals surface area contributed by atoms with Crippen LogP contribution >= 0.6 is 0 Å². The molecule has 0 amide bonds. The molecule has 2 rings (SSSR count). The van der Waals surface area contributed by atoms with Gasteiger partial charge in [0.05, 0.1) is 19.9 Å². The van der Waals surface area contributed by atoms with Crippen LogP contribution in [-0.2, 0) is 4.74 Å². The molecule has 18 heavy (non-hydrogen) atoms. The number of rotatable bonds is 3. The van der Waals surface area contributed by atoms with Gasteiger partial charge in [-0.2, -0.15) is 9.67 Å². The molecule has 0 unspecified atom stereocenters. The Bertz CT molecular complexity index is 581. The van der Waals surface area contributed by atoms with Crippen LogP contribution in [0.3, 0.4) is 0 Å². The summed E-state index contributed by atoms with van der Waals surface area (Å²) < 4.78 is 10.8. The monoisotopic (exact) mass is 249 g/mol. The van der Waals surface area contributed by atoms with E-state index in [0.717, 1.165) is 0 Å². The molecule has 0 saturated carbocycles. The van der Waals surface area contributed by atoms with Gasteiger partial charge in [-0.05, 0) is 6.07 Å². The molecule has 8 heteroatoms. The summed E-state index contributed by atoms with van der Waals surface area (Å²) in [5, 5.41) is 3.92. The number of nitrogens with zero attached hydrogens (tertiary/aromatic N) is 4. The number of ether oxygens (including phenoxy) is 2. The van der Waals surface area contributed by atoms with E-state index in [-0.39, 0.29) is 5.82 Å². The number of carbonyl (C=O) groups is 1. The van der Waals surface area contributed by atoms with E-state index in [1.165, 1.54) is 25.2 Å². The number of nitrogens with two attached hydrogens (primary N) is 1. The first kappa shape index (κ1) is 11.8. The lowest BCUT2D eigenvalue weighted by Gasteiger charge is -2.05. The van der Waals surface area contributed by atoms with E-state index in [0.29, 0.717) is 17.4 Å². The van der Waals surface area contributed by atoms with Crippen LogP contribution in [-0.4, -0.2) is 39.9 Å². The van der Waals surface area contributed by atoms with E-state index >= 15 is 0 Å². The molecule has 2 N–H and O–H groups in total. The fraction of sp³-hybridized carbons (Fsp3) is 0.200. The molecule has 0 spiro atoms. The number of carbonyl (C=O) groups excluding carboxylic acids is 1. The molecule has 0 aliphatic carbocycles. The minimum Gasteiger partial charge on any atom is -0.481 e. The first-order valence-corrected chi connectivity index (χ1v) is 4.96. The van der Waals surface area contributed by atoms with Gasteiger partial charge in [0.1, 0.15) is 6.33 Å². The lowest BCUT2D eigenvalue weighted by molar-refractivity contribution is 0.0587. The van der Waals surface area contributed by atoms with Gasteiger partial charge in [-0.15, -0.1) is 5.10 Å². The Kier molecular flexibility index (Phi) is 3.09. The van der Waals surface area contributed by atoms with Gasteiger partial charge in [0, 0.05) is 6.07 Å². The Labute approximate surface area is 102 Å². The third-order valence-electron chi connectivity index (χ3n) is 2.17. The smallest absolute Gasteiger partial charge is 0.377 e. The zero-order chi connectivity index (χ0) is 13.1. The number of hydrogen-bond donors (Lipinski definition) is 1. The summed E-state index contributed by atoms with van der Waals surface area (Å²) in [4.78, 5) is 19.2. The van der Waals surface area contributed by atoms with Crippen molar-refractivity contribution in [1.29, 1.82) is 0 Å². The van der Waals surface area contributed by atoms with Crippen LogP contribution in [0.5, 0.6) is 5.88 Å².